The quantitative estimate of drug-likeness (QED) is 0.275. The molecule has 1 rings (SSSR count). The van der Waals surface area contributed by atoms with E-state index < -0.39 is 18.3 Å². The average Bonchev–Trinajstić information content (AvgIpc) is 2.03. The van der Waals surface area contributed by atoms with Gasteiger partial charge in [0.05, 0.1) is 0 Å². The fraction of sp³-hybridized carbons (Fsp3) is 0.600. The van der Waals surface area contributed by atoms with Gasteiger partial charge in [-0.2, -0.15) is 0 Å². The van der Waals surface area contributed by atoms with Gasteiger partial charge < -0.3 is 10.4 Å². The topological polar surface area (TPSA) is 102 Å². The molecule has 1 aliphatic rings. The maximum absolute atomic E-state index is 10.9. The van der Waals surface area contributed by atoms with Crippen molar-refractivity contribution in [1.82, 2.24) is 15.7 Å². The number of nitrogens with zero attached hydrogens (tertiary/aromatic N) is 1. The van der Waals surface area contributed by atoms with Crippen molar-refractivity contribution in [3.05, 3.63) is 0 Å². The van der Waals surface area contributed by atoms with Crippen LogP contribution in [0.1, 0.15) is 6.42 Å². The number of carbonyl (C=O) groups is 2. The summed E-state index contributed by atoms with van der Waals surface area (Å²) in [7, 11) is 0. The molecule has 12 heavy (non-hydrogen) atoms. The lowest BCUT2D eigenvalue weighted by atomic mass is 10.3. The number of nitrogens with one attached hydrogen (secondary N) is 2. The number of rotatable bonds is 0. The van der Waals surface area contributed by atoms with Crippen LogP contribution in [0.2, 0.25) is 0 Å². The van der Waals surface area contributed by atoms with Crippen molar-refractivity contribution in [2.24, 2.45) is 0 Å². The number of hydroxylamine groups is 1. The molecular weight excluding hydrogens is 166 g/mol. The van der Waals surface area contributed by atoms with Crippen LogP contribution in [0.3, 0.4) is 0 Å². The van der Waals surface area contributed by atoms with Crippen molar-refractivity contribution in [3.63, 3.8) is 0 Å². The Morgan fingerprint density at radius 3 is 2.92 bits per heavy atom. The van der Waals surface area contributed by atoms with Gasteiger partial charge >= 0.3 is 12.1 Å². The van der Waals surface area contributed by atoms with Gasteiger partial charge in [0, 0.05) is 13.0 Å². The van der Waals surface area contributed by atoms with Crippen LogP contribution in [0.4, 0.5) is 9.59 Å². The Bertz CT molecular complexity index is 199. The van der Waals surface area contributed by atoms with Gasteiger partial charge in [-0.05, 0) is 0 Å². The SMILES string of the molecule is O=C(NO)N1C(=O)NCCC1O. The molecule has 0 aromatic carbocycles. The Labute approximate surface area is 67.9 Å². The predicted molar refractivity (Wildman–Crippen MR) is 36.2 cm³/mol. The van der Waals surface area contributed by atoms with Gasteiger partial charge in [0.25, 0.3) is 0 Å². The molecule has 0 radical (unpaired) electrons. The lowest BCUT2D eigenvalue weighted by Gasteiger charge is -2.29. The highest BCUT2D eigenvalue weighted by atomic mass is 16.5. The van der Waals surface area contributed by atoms with Crippen molar-refractivity contribution >= 4 is 12.1 Å². The van der Waals surface area contributed by atoms with Crippen molar-refractivity contribution < 1.29 is 19.9 Å². The summed E-state index contributed by atoms with van der Waals surface area (Å²) in [6.45, 7) is 0.315. The molecule has 1 saturated heterocycles. The highest BCUT2D eigenvalue weighted by Crippen LogP contribution is 2.06. The lowest BCUT2D eigenvalue weighted by Crippen LogP contribution is -2.57. The smallest absolute Gasteiger partial charge is 0.351 e. The molecule has 0 aromatic heterocycles. The van der Waals surface area contributed by atoms with Crippen molar-refractivity contribution in [2.75, 3.05) is 6.54 Å². The van der Waals surface area contributed by atoms with E-state index in [0.29, 0.717) is 11.4 Å². The molecule has 7 heteroatoms. The molecule has 0 aromatic rings. The zero-order valence-corrected chi connectivity index (χ0v) is 6.15. The summed E-state index contributed by atoms with van der Waals surface area (Å²) < 4.78 is 0. The molecule has 1 atom stereocenters. The standard InChI is InChI=1S/C5H9N3O4/c9-3-1-2-6-4(10)8(3)5(11)7-12/h3,9,12H,1-2H2,(H,6,10)(H,7,11). The van der Waals surface area contributed by atoms with Crippen LogP contribution in [-0.2, 0) is 0 Å². The van der Waals surface area contributed by atoms with Crippen molar-refractivity contribution in [1.29, 1.82) is 0 Å². The number of urea groups is 2. The van der Waals surface area contributed by atoms with Gasteiger partial charge in [0.15, 0.2) is 0 Å². The van der Waals surface area contributed by atoms with Crippen molar-refractivity contribution in [3.8, 4) is 0 Å². The van der Waals surface area contributed by atoms with E-state index in [-0.39, 0.29) is 6.42 Å². The molecular formula is C5H9N3O4. The second kappa shape index (κ2) is 3.37. The van der Waals surface area contributed by atoms with E-state index in [2.05, 4.69) is 5.32 Å². The molecule has 1 heterocycles. The number of hydrogen-bond acceptors (Lipinski definition) is 4. The monoisotopic (exact) mass is 175 g/mol. The third kappa shape index (κ3) is 1.46. The number of amides is 4. The molecule has 1 unspecified atom stereocenters. The summed E-state index contributed by atoms with van der Waals surface area (Å²) >= 11 is 0. The van der Waals surface area contributed by atoms with Crippen LogP contribution < -0.4 is 10.8 Å². The molecule has 0 aliphatic carbocycles. The summed E-state index contributed by atoms with van der Waals surface area (Å²) in [5.41, 5.74) is 1.26. The van der Waals surface area contributed by atoms with Crippen molar-refractivity contribution in [2.45, 2.75) is 12.6 Å². The summed E-state index contributed by atoms with van der Waals surface area (Å²) in [5.74, 6) is 0. The Morgan fingerprint density at radius 2 is 2.42 bits per heavy atom. The van der Waals surface area contributed by atoms with Gasteiger partial charge in [0.1, 0.15) is 6.23 Å². The minimum Gasteiger partial charge on any atom is -0.373 e. The normalized spacial score (nSPS) is 23.3. The molecule has 68 valence electrons. The first kappa shape index (κ1) is 8.75. The lowest BCUT2D eigenvalue weighted by molar-refractivity contribution is 0.0218. The highest BCUT2D eigenvalue weighted by Gasteiger charge is 2.31. The number of aliphatic hydroxyl groups is 1. The van der Waals surface area contributed by atoms with Crippen LogP contribution >= 0.6 is 0 Å². The summed E-state index contributed by atoms with van der Waals surface area (Å²) in [4.78, 5) is 22.1. The van der Waals surface area contributed by atoms with E-state index in [1.54, 1.807) is 0 Å². The molecule has 4 amide bonds. The van der Waals surface area contributed by atoms with Crippen LogP contribution in [0.15, 0.2) is 0 Å². The van der Waals surface area contributed by atoms with Crippen LogP contribution in [0.5, 0.6) is 0 Å². The van der Waals surface area contributed by atoms with Gasteiger partial charge in [0.2, 0.25) is 0 Å². The third-order valence-electron chi connectivity index (χ3n) is 1.51. The summed E-state index contributed by atoms with van der Waals surface area (Å²) in [6, 6.07) is -1.76. The van der Waals surface area contributed by atoms with E-state index in [4.69, 9.17) is 10.3 Å². The van der Waals surface area contributed by atoms with Crippen LogP contribution in [0, 0.1) is 0 Å². The van der Waals surface area contributed by atoms with Gasteiger partial charge in [-0.15, -0.1) is 0 Å². The molecule has 1 aliphatic heterocycles. The molecule has 0 spiro atoms. The fourth-order valence-electron chi connectivity index (χ4n) is 0.939. The zero-order chi connectivity index (χ0) is 9.14. The third-order valence-corrected chi connectivity index (χ3v) is 1.51. The minimum atomic E-state index is -1.18. The number of hydrogen-bond donors (Lipinski definition) is 4. The minimum absolute atomic E-state index is 0.249. The summed E-state index contributed by atoms with van der Waals surface area (Å²) in [6.07, 6.45) is -0.926. The first-order valence-corrected chi connectivity index (χ1v) is 3.36. The largest absolute Gasteiger partial charge is 0.373 e. The zero-order valence-electron chi connectivity index (χ0n) is 6.15. The molecule has 0 saturated carbocycles. The van der Waals surface area contributed by atoms with E-state index in [0.717, 1.165) is 0 Å². The van der Waals surface area contributed by atoms with Gasteiger partial charge in [-0.25, -0.2) is 20.0 Å². The number of carbonyl (C=O) groups excluding carboxylic acids is 2. The first-order valence-electron chi connectivity index (χ1n) is 3.36. The Hall–Kier alpha value is -1.34. The average molecular weight is 175 g/mol. The molecule has 4 N–H and O–H groups in total. The molecule has 7 nitrogen and oxygen atoms in total. The Morgan fingerprint density at radius 1 is 1.75 bits per heavy atom. The highest BCUT2D eigenvalue weighted by molar-refractivity contribution is 5.93. The van der Waals surface area contributed by atoms with E-state index in [9.17, 15) is 9.59 Å². The summed E-state index contributed by atoms with van der Waals surface area (Å²) in [5, 5.41) is 19.7. The molecule has 0 bridgehead atoms. The maximum atomic E-state index is 10.9. The van der Waals surface area contributed by atoms with Gasteiger partial charge in [-0.3, -0.25) is 5.21 Å². The molecule has 1 fully saturated rings. The second-order valence-electron chi connectivity index (χ2n) is 2.29. The Balaban J connectivity index is 2.69. The first-order chi connectivity index (χ1) is 5.66. The fourth-order valence-corrected chi connectivity index (χ4v) is 0.939. The van der Waals surface area contributed by atoms with E-state index in [1.807, 2.05) is 0 Å². The van der Waals surface area contributed by atoms with Gasteiger partial charge in [-0.1, -0.05) is 0 Å². The Kier molecular flexibility index (Phi) is 2.46. The number of imide groups is 1. The van der Waals surface area contributed by atoms with E-state index >= 15 is 0 Å². The predicted octanol–water partition coefficient (Wildman–Crippen LogP) is -1.18. The van der Waals surface area contributed by atoms with Crippen LogP contribution in [-0.4, -0.2) is 40.0 Å². The second-order valence-corrected chi connectivity index (χ2v) is 2.29. The van der Waals surface area contributed by atoms with E-state index in [1.165, 1.54) is 5.48 Å². The van der Waals surface area contributed by atoms with Crippen LogP contribution in [0.25, 0.3) is 0 Å². The maximum Gasteiger partial charge on any atom is 0.351 e. The number of aliphatic hydroxyl groups excluding tert-OH is 1.